The number of para-hydroxylation sites is 4. The first-order valence-electron chi connectivity index (χ1n) is 20.7. The Morgan fingerprint density at radius 2 is 0.921 bits per heavy atom. The molecule has 0 amide bonds. The molecule has 0 atom stereocenters. The van der Waals surface area contributed by atoms with Gasteiger partial charge in [-0.2, -0.15) is 5.26 Å². The number of nitriles is 1. The molecule has 1 aromatic heterocycles. The molecule has 3 heterocycles. The highest BCUT2D eigenvalue weighted by Crippen LogP contribution is 2.52. The lowest BCUT2D eigenvalue weighted by molar-refractivity contribution is 1.09. The van der Waals surface area contributed by atoms with E-state index in [1.807, 2.05) is 48.5 Å². The first-order valence-corrected chi connectivity index (χ1v) is 23.5. The molecular formula is C55H36N6SSi. The van der Waals surface area contributed by atoms with Crippen molar-refractivity contribution in [3.8, 4) is 6.07 Å². The zero-order valence-corrected chi connectivity index (χ0v) is 35.7. The molecule has 0 N–H and O–H groups in total. The summed E-state index contributed by atoms with van der Waals surface area (Å²) in [5.41, 5.74) is 7.96. The monoisotopic (exact) mass is 840 g/mol. The fraction of sp³-hybridized carbons (Fsp3) is 0. The molecule has 0 radical (unpaired) electrons. The minimum atomic E-state index is -2.89. The molecule has 11 rings (SSSR count). The fourth-order valence-corrected chi connectivity index (χ4v) is 15.4. The van der Waals surface area contributed by atoms with Gasteiger partial charge in [-0.1, -0.05) is 145 Å². The highest BCUT2D eigenvalue weighted by atomic mass is 32.2. The Morgan fingerprint density at radius 3 is 1.41 bits per heavy atom. The molecule has 0 saturated carbocycles. The van der Waals surface area contributed by atoms with Crippen LogP contribution in [0.5, 0.6) is 0 Å². The second-order valence-electron chi connectivity index (χ2n) is 15.4. The largest absolute Gasteiger partial charge is 0.310 e. The van der Waals surface area contributed by atoms with E-state index in [1.165, 1.54) is 20.7 Å². The predicted molar refractivity (Wildman–Crippen MR) is 261 cm³/mol. The Balaban J connectivity index is 1.22. The number of hydrogen-bond acceptors (Lipinski definition) is 6. The van der Waals surface area contributed by atoms with Crippen molar-refractivity contribution in [2.45, 2.75) is 9.79 Å². The van der Waals surface area contributed by atoms with Crippen LogP contribution in [0, 0.1) is 17.9 Å². The summed E-state index contributed by atoms with van der Waals surface area (Å²) in [6.45, 7) is 7.72. The SMILES string of the molecule is [C-]#[N+]c1ccc(N(c2ccc(C#N)cc2)c2cc(N3c4ccccc4Sc4ccccc43)nc(N3c4ccccc4[Si](c4ccccc4)(c4ccccc4)c4ccccc43)c2)cc1. The third-order valence-corrected chi connectivity index (χ3v) is 17.9. The highest BCUT2D eigenvalue weighted by Gasteiger charge is 2.49. The summed E-state index contributed by atoms with van der Waals surface area (Å²) >= 11 is 1.77. The number of fused-ring (bicyclic) bond motifs is 4. The van der Waals surface area contributed by atoms with Crippen LogP contribution in [0.4, 0.5) is 57.1 Å². The van der Waals surface area contributed by atoms with Crippen molar-refractivity contribution in [2.24, 2.45) is 0 Å². The van der Waals surface area contributed by atoms with Crippen molar-refractivity contribution in [1.29, 1.82) is 5.26 Å². The molecule has 0 saturated heterocycles. The molecule has 0 fully saturated rings. The van der Waals surface area contributed by atoms with E-state index in [1.54, 1.807) is 11.8 Å². The lowest BCUT2D eigenvalue weighted by atomic mass is 10.1. The van der Waals surface area contributed by atoms with E-state index in [4.69, 9.17) is 11.6 Å². The van der Waals surface area contributed by atoms with Gasteiger partial charge in [-0.3, -0.25) is 9.80 Å². The Bertz CT molecular complexity index is 3060. The average molecular weight is 841 g/mol. The van der Waals surface area contributed by atoms with Crippen LogP contribution in [0.1, 0.15) is 5.56 Å². The van der Waals surface area contributed by atoms with E-state index < -0.39 is 8.07 Å². The van der Waals surface area contributed by atoms with Crippen molar-refractivity contribution >= 4 is 97.7 Å². The first kappa shape index (κ1) is 37.8. The Kier molecular flexibility index (Phi) is 9.43. The number of benzene rings is 8. The fourth-order valence-electron chi connectivity index (χ4n) is 9.26. The van der Waals surface area contributed by atoms with E-state index in [0.717, 1.165) is 61.2 Å². The summed E-state index contributed by atoms with van der Waals surface area (Å²) in [4.78, 5) is 18.5. The molecule has 296 valence electrons. The first-order chi connectivity index (χ1) is 31.1. The van der Waals surface area contributed by atoms with Gasteiger partial charge in [0.1, 0.15) is 11.6 Å². The third kappa shape index (κ3) is 6.28. The summed E-state index contributed by atoms with van der Waals surface area (Å²) in [6, 6.07) is 78.8. The lowest BCUT2D eigenvalue weighted by Gasteiger charge is -2.45. The quantitative estimate of drug-likeness (QED) is 0.118. The molecule has 63 heavy (non-hydrogen) atoms. The van der Waals surface area contributed by atoms with Gasteiger partial charge in [0.25, 0.3) is 0 Å². The van der Waals surface area contributed by atoms with Crippen molar-refractivity contribution in [3.05, 3.63) is 235 Å². The lowest BCUT2D eigenvalue weighted by Crippen LogP contribution is -2.77. The van der Waals surface area contributed by atoms with E-state index in [2.05, 4.69) is 195 Å². The minimum Gasteiger partial charge on any atom is -0.310 e. The summed E-state index contributed by atoms with van der Waals surface area (Å²) in [5, 5.41) is 15.0. The van der Waals surface area contributed by atoms with Gasteiger partial charge in [0.2, 0.25) is 0 Å². The van der Waals surface area contributed by atoms with Crippen molar-refractivity contribution in [3.63, 3.8) is 0 Å². The van der Waals surface area contributed by atoms with Gasteiger partial charge in [-0.05, 0) is 93.5 Å². The molecular weight excluding hydrogens is 805 g/mol. The average Bonchev–Trinajstić information content (AvgIpc) is 3.35. The molecule has 0 aliphatic carbocycles. The number of aromatic nitrogens is 1. The van der Waals surface area contributed by atoms with Gasteiger partial charge in [0, 0.05) is 44.7 Å². The van der Waals surface area contributed by atoms with Gasteiger partial charge in [-0.15, -0.1) is 0 Å². The molecule has 2 aliphatic heterocycles. The topological polar surface area (TPSA) is 50.8 Å². The van der Waals surface area contributed by atoms with Crippen molar-refractivity contribution in [2.75, 3.05) is 14.7 Å². The summed E-state index contributed by atoms with van der Waals surface area (Å²) < 4.78 is 0. The number of hydrogen-bond donors (Lipinski definition) is 0. The molecule has 8 heteroatoms. The van der Waals surface area contributed by atoms with Crippen molar-refractivity contribution < 1.29 is 0 Å². The zero-order valence-electron chi connectivity index (χ0n) is 33.9. The van der Waals surface area contributed by atoms with Crippen LogP contribution >= 0.6 is 11.8 Å². The van der Waals surface area contributed by atoms with Crippen LogP contribution in [-0.4, -0.2) is 13.1 Å². The number of pyridine rings is 1. The van der Waals surface area contributed by atoms with E-state index >= 15 is 0 Å². The molecule has 2 aliphatic rings. The summed E-state index contributed by atoms with van der Waals surface area (Å²) in [6.07, 6.45) is 0. The molecule has 0 unspecified atom stereocenters. The Labute approximate surface area is 372 Å². The number of rotatable bonds is 7. The van der Waals surface area contributed by atoms with Crippen LogP contribution in [-0.2, 0) is 0 Å². The summed E-state index contributed by atoms with van der Waals surface area (Å²) in [7, 11) is -2.89. The van der Waals surface area contributed by atoms with Gasteiger partial charge in [-0.25, -0.2) is 9.83 Å². The smallest absolute Gasteiger partial charge is 0.187 e. The van der Waals surface area contributed by atoms with Gasteiger partial charge in [0.05, 0.1) is 35.3 Å². The summed E-state index contributed by atoms with van der Waals surface area (Å²) in [5.74, 6) is 1.49. The second-order valence-corrected chi connectivity index (χ2v) is 20.2. The van der Waals surface area contributed by atoms with Gasteiger partial charge in [0.15, 0.2) is 13.8 Å². The molecule has 8 aromatic carbocycles. The number of anilines is 9. The highest BCUT2D eigenvalue weighted by molar-refractivity contribution is 7.99. The van der Waals surface area contributed by atoms with Crippen LogP contribution in [0.25, 0.3) is 4.85 Å². The predicted octanol–water partition coefficient (Wildman–Crippen LogP) is 12.1. The maximum atomic E-state index is 9.81. The van der Waals surface area contributed by atoms with E-state index in [9.17, 15) is 5.26 Å². The minimum absolute atomic E-state index is 0.555. The maximum absolute atomic E-state index is 9.81. The van der Waals surface area contributed by atoms with Crippen LogP contribution in [0.3, 0.4) is 0 Å². The number of nitrogens with zero attached hydrogens (tertiary/aromatic N) is 6. The third-order valence-electron chi connectivity index (χ3n) is 11.9. The van der Waals surface area contributed by atoms with Crippen LogP contribution < -0.4 is 35.4 Å². The van der Waals surface area contributed by atoms with Gasteiger partial charge < -0.3 is 4.90 Å². The molecule has 0 bridgehead atoms. The molecule has 9 aromatic rings. The van der Waals surface area contributed by atoms with Gasteiger partial charge >= 0.3 is 0 Å². The zero-order chi connectivity index (χ0) is 42.3. The van der Waals surface area contributed by atoms with Crippen LogP contribution in [0.15, 0.2) is 228 Å². The van der Waals surface area contributed by atoms with Crippen LogP contribution in [0.2, 0.25) is 0 Å². The Morgan fingerprint density at radius 1 is 0.492 bits per heavy atom. The maximum Gasteiger partial charge on any atom is 0.187 e. The van der Waals surface area contributed by atoms with Crippen molar-refractivity contribution in [1.82, 2.24) is 4.98 Å². The van der Waals surface area contributed by atoms with E-state index in [0.29, 0.717) is 11.3 Å². The Hall–Kier alpha value is -8.14. The molecule has 6 nitrogen and oxygen atoms in total. The van der Waals surface area contributed by atoms with E-state index in [-0.39, 0.29) is 0 Å². The normalized spacial score (nSPS) is 13.0. The standard InChI is InChI=1S/C55H36N6SSi/c1-57-40-30-34-42(35-31-40)59(41-32-28-39(38-56)29-33-41)43-36-54(60-46-20-8-12-24-50(46)62-51-25-13-9-21-47(51)60)58-55(37-43)61-48-22-10-14-26-52(48)63(44-16-4-2-5-17-44,45-18-6-3-7-19-45)53-27-15-11-23-49(53)61/h2-37H. The molecule has 0 spiro atoms. The second kappa shape index (κ2) is 15.7.